The van der Waals surface area contributed by atoms with E-state index >= 15 is 0 Å². The minimum absolute atomic E-state index is 0. The molecule has 0 fully saturated rings. The number of aliphatic hydroxyl groups is 2. The third kappa shape index (κ3) is 7.80. The van der Waals surface area contributed by atoms with Crippen molar-refractivity contribution in [3.63, 3.8) is 0 Å². The average molecular weight is 138 g/mol. The monoisotopic (exact) mass is 138 g/mol. The van der Waals surface area contributed by atoms with E-state index in [4.69, 9.17) is 16.1 Å². The van der Waals surface area contributed by atoms with Gasteiger partial charge in [-0.15, -0.1) is 0 Å². The average Bonchev–Trinajstić information content (AvgIpc) is 1.68. The van der Waals surface area contributed by atoms with Crippen LogP contribution >= 0.6 is 0 Å². The Balaban J connectivity index is 0. The lowest BCUT2D eigenvalue weighted by Gasteiger charge is -2.11. The summed E-state index contributed by atoms with van der Waals surface area (Å²) in [5.41, 5.74) is 0. The summed E-state index contributed by atoms with van der Waals surface area (Å²) in [4.78, 5) is 0. The first-order valence-corrected chi connectivity index (χ1v) is 2.52. The van der Waals surface area contributed by atoms with Gasteiger partial charge in [0.05, 0.1) is 13.2 Å². The predicted octanol–water partition coefficient (Wildman–Crippen LogP) is -2.68. The van der Waals surface area contributed by atoms with E-state index in [2.05, 4.69) is 0 Å². The van der Waals surface area contributed by atoms with E-state index in [9.17, 15) is 0 Å². The van der Waals surface area contributed by atoms with Gasteiger partial charge in [-0.1, -0.05) is 0 Å². The van der Waals surface area contributed by atoms with Crippen LogP contribution in [-0.2, 0) is 0 Å². The van der Waals surface area contributed by atoms with Crippen molar-refractivity contribution >= 4 is 0 Å². The van der Waals surface area contributed by atoms with Crippen LogP contribution in [0.4, 0.5) is 0 Å². The largest absolute Gasteiger partial charge is 0.412 e. The molecule has 0 aliphatic rings. The quantitative estimate of drug-likeness (QED) is 0.291. The fourth-order valence-electron chi connectivity index (χ4n) is 0.369. The van der Waals surface area contributed by atoms with E-state index in [0.29, 0.717) is 13.1 Å². The highest BCUT2D eigenvalue weighted by atomic mass is 16.3. The van der Waals surface area contributed by atoms with Crippen LogP contribution in [0.15, 0.2) is 0 Å². The van der Waals surface area contributed by atoms with Crippen molar-refractivity contribution in [3.05, 3.63) is 0 Å². The third-order valence-electron chi connectivity index (χ3n) is 0.774. The maximum absolute atomic E-state index is 8.26. The standard InChI is InChI=1S/C4H12N2O2.H2O/c5-6(1-3-7)2-4-8;/h7-8H,1-5H2;1H2. The van der Waals surface area contributed by atoms with E-state index in [1.54, 1.807) is 0 Å². The molecule has 0 spiro atoms. The molecule has 0 aromatic carbocycles. The molecule has 0 radical (unpaired) electrons. The summed E-state index contributed by atoms with van der Waals surface area (Å²) in [6.07, 6.45) is 0. The Morgan fingerprint density at radius 1 is 1.11 bits per heavy atom. The third-order valence-corrected chi connectivity index (χ3v) is 0.774. The second kappa shape index (κ2) is 7.80. The van der Waals surface area contributed by atoms with E-state index in [1.807, 2.05) is 0 Å². The SMILES string of the molecule is NN(CCO)CCO.O. The molecule has 0 aromatic heterocycles. The molecule has 5 nitrogen and oxygen atoms in total. The van der Waals surface area contributed by atoms with Crippen molar-refractivity contribution in [1.82, 2.24) is 5.01 Å². The summed E-state index contributed by atoms with van der Waals surface area (Å²) < 4.78 is 0. The first-order valence-electron chi connectivity index (χ1n) is 2.52. The second-order valence-corrected chi connectivity index (χ2v) is 1.48. The molecule has 0 atom stereocenters. The van der Waals surface area contributed by atoms with Crippen LogP contribution in [0, 0.1) is 0 Å². The van der Waals surface area contributed by atoms with E-state index in [0.717, 1.165) is 0 Å². The van der Waals surface area contributed by atoms with Gasteiger partial charge in [0.1, 0.15) is 0 Å². The van der Waals surface area contributed by atoms with Crippen LogP contribution < -0.4 is 5.84 Å². The van der Waals surface area contributed by atoms with Crippen molar-refractivity contribution in [2.45, 2.75) is 0 Å². The highest BCUT2D eigenvalue weighted by Crippen LogP contribution is 1.71. The second-order valence-electron chi connectivity index (χ2n) is 1.48. The predicted molar refractivity (Wildman–Crippen MR) is 33.5 cm³/mol. The van der Waals surface area contributed by atoms with Crippen molar-refractivity contribution in [1.29, 1.82) is 0 Å². The minimum atomic E-state index is 0. The topological polar surface area (TPSA) is 101 Å². The van der Waals surface area contributed by atoms with Crippen LogP contribution in [0.2, 0.25) is 0 Å². The molecule has 0 amide bonds. The van der Waals surface area contributed by atoms with Crippen molar-refractivity contribution in [2.75, 3.05) is 26.3 Å². The highest BCUT2D eigenvalue weighted by molar-refractivity contribution is 4.42. The van der Waals surface area contributed by atoms with Gasteiger partial charge < -0.3 is 15.7 Å². The first kappa shape index (κ1) is 11.6. The van der Waals surface area contributed by atoms with Crippen molar-refractivity contribution in [2.24, 2.45) is 5.84 Å². The summed E-state index contributed by atoms with van der Waals surface area (Å²) in [7, 11) is 0. The Labute approximate surface area is 54.0 Å². The fraction of sp³-hybridized carbons (Fsp3) is 1.00. The molecular weight excluding hydrogens is 124 g/mol. The van der Waals surface area contributed by atoms with Crippen LogP contribution in [0.25, 0.3) is 0 Å². The van der Waals surface area contributed by atoms with E-state index < -0.39 is 0 Å². The Hall–Kier alpha value is -0.200. The van der Waals surface area contributed by atoms with Gasteiger partial charge >= 0.3 is 0 Å². The van der Waals surface area contributed by atoms with Crippen molar-refractivity contribution in [3.8, 4) is 0 Å². The minimum Gasteiger partial charge on any atom is -0.412 e. The molecule has 6 N–H and O–H groups in total. The number of nitrogens with zero attached hydrogens (tertiary/aromatic N) is 1. The Bertz CT molecular complexity index is 47.1. The smallest absolute Gasteiger partial charge is 0.0572 e. The number of aliphatic hydroxyl groups excluding tert-OH is 2. The molecule has 0 aliphatic heterocycles. The van der Waals surface area contributed by atoms with Crippen molar-refractivity contribution < 1.29 is 15.7 Å². The molecule has 0 unspecified atom stereocenters. The van der Waals surface area contributed by atoms with Gasteiger partial charge in [0.15, 0.2) is 0 Å². The number of hydrogen-bond acceptors (Lipinski definition) is 4. The summed E-state index contributed by atoms with van der Waals surface area (Å²) in [6.45, 7) is 0.911. The summed E-state index contributed by atoms with van der Waals surface area (Å²) in [5.74, 6) is 5.21. The van der Waals surface area contributed by atoms with Gasteiger partial charge in [0, 0.05) is 13.1 Å². The summed E-state index contributed by atoms with van der Waals surface area (Å²) >= 11 is 0. The normalized spacial score (nSPS) is 9.33. The number of nitrogens with two attached hydrogens (primary N) is 1. The maximum atomic E-state index is 8.26. The molecule has 0 aromatic rings. The lowest BCUT2D eigenvalue weighted by molar-refractivity contribution is 0.163. The fourth-order valence-corrected chi connectivity index (χ4v) is 0.369. The van der Waals surface area contributed by atoms with Crippen LogP contribution in [-0.4, -0.2) is 47.0 Å². The van der Waals surface area contributed by atoms with Gasteiger partial charge in [-0.25, -0.2) is 5.01 Å². The Morgan fingerprint density at radius 3 is 1.67 bits per heavy atom. The zero-order valence-corrected chi connectivity index (χ0v) is 5.25. The molecule has 0 saturated heterocycles. The summed E-state index contributed by atoms with van der Waals surface area (Å²) in [6, 6.07) is 0. The van der Waals surface area contributed by atoms with Gasteiger partial charge in [-0.2, -0.15) is 0 Å². The van der Waals surface area contributed by atoms with Gasteiger partial charge in [-0.3, -0.25) is 5.84 Å². The molecule has 0 aliphatic carbocycles. The Kier molecular flexibility index (Phi) is 10.0. The highest BCUT2D eigenvalue weighted by Gasteiger charge is 1.92. The molecular formula is C4H14N2O3. The first-order chi connectivity index (χ1) is 3.81. The number of rotatable bonds is 4. The molecule has 9 heavy (non-hydrogen) atoms. The van der Waals surface area contributed by atoms with Gasteiger partial charge in [0.25, 0.3) is 0 Å². The molecule has 0 heterocycles. The molecule has 0 bridgehead atoms. The zero-order chi connectivity index (χ0) is 6.41. The van der Waals surface area contributed by atoms with Gasteiger partial charge in [0.2, 0.25) is 0 Å². The van der Waals surface area contributed by atoms with Crippen LogP contribution in [0.1, 0.15) is 0 Å². The number of hydrazine groups is 1. The lowest BCUT2D eigenvalue weighted by Crippen LogP contribution is -2.35. The zero-order valence-electron chi connectivity index (χ0n) is 5.25. The number of hydrogen-bond donors (Lipinski definition) is 3. The lowest BCUT2D eigenvalue weighted by atomic mass is 10.6. The molecule has 58 valence electrons. The summed E-state index contributed by atoms with van der Waals surface area (Å²) in [5, 5.41) is 17.9. The van der Waals surface area contributed by atoms with Gasteiger partial charge in [-0.05, 0) is 0 Å². The van der Waals surface area contributed by atoms with Crippen LogP contribution in [0.5, 0.6) is 0 Å². The van der Waals surface area contributed by atoms with E-state index in [1.165, 1.54) is 5.01 Å². The van der Waals surface area contributed by atoms with Crippen LogP contribution in [0.3, 0.4) is 0 Å². The molecule has 5 heteroatoms. The molecule has 0 rings (SSSR count). The van der Waals surface area contributed by atoms with E-state index in [-0.39, 0.29) is 18.7 Å². The molecule has 0 saturated carbocycles. The Morgan fingerprint density at radius 2 is 1.44 bits per heavy atom. The maximum Gasteiger partial charge on any atom is 0.0572 e.